The Morgan fingerprint density at radius 3 is 2.92 bits per heavy atom. The molecular weight excluding hydrogens is 330 g/mol. The van der Waals surface area contributed by atoms with Gasteiger partial charge in [0.2, 0.25) is 5.91 Å². The number of amides is 2. The second-order valence-electron chi connectivity index (χ2n) is 6.58. The molecule has 0 aliphatic carbocycles. The summed E-state index contributed by atoms with van der Waals surface area (Å²) in [5.74, 6) is -0.131. The average molecular weight is 355 g/mol. The topological polar surface area (TPSA) is 80.1 Å². The molecule has 7 heteroatoms. The largest absolute Gasteiger partial charge is 0.351 e. The summed E-state index contributed by atoms with van der Waals surface area (Å²) in [6, 6.07) is 7.50. The van der Waals surface area contributed by atoms with Gasteiger partial charge in [-0.1, -0.05) is 13.0 Å². The molecule has 0 saturated carbocycles. The minimum atomic E-state index is -0.0856. The van der Waals surface area contributed by atoms with Crippen molar-refractivity contribution in [2.75, 3.05) is 6.54 Å². The molecule has 2 amide bonds. The fraction of sp³-hybridized carbons (Fsp3) is 0.474. The zero-order valence-corrected chi connectivity index (χ0v) is 15.3. The molecule has 0 radical (unpaired) electrons. The van der Waals surface area contributed by atoms with E-state index in [-0.39, 0.29) is 17.9 Å². The van der Waals surface area contributed by atoms with E-state index < -0.39 is 0 Å². The minimum Gasteiger partial charge on any atom is -0.351 e. The highest BCUT2D eigenvalue weighted by atomic mass is 16.2. The van der Waals surface area contributed by atoms with Crippen LogP contribution < -0.4 is 5.32 Å². The molecule has 0 aromatic carbocycles. The summed E-state index contributed by atoms with van der Waals surface area (Å²) in [6.07, 6.45) is 4.67. The first-order valence-corrected chi connectivity index (χ1v) is 9.13. The Morgan fingerprint density at radius 1 is 1.31 bits per heavy atom. The molecule has 1 N–H and O–H groups in total. The van der Waals surface area contributed by atoms with Crippen LogP contribution in [0.5, 0.6) is 0 Å². The molecule has 1 fully saturated rings. The molecule has 0 spiro atoms. The van der Waals surface area contributed by atoms with Crippen molar-refractivity contribution in [2.45, 2.75) is 52.2 Å². The molecule has 1 aliphatic rings. The quantitative estimate of drug-likeness (QED) is 0.862. The third-order valence-electron chi connectivity index (χ3n) is 4.51. The van der Waals surface area contributed by atoms with Gasteiger partial charge in [-0.3, -0.25) is 19.3 Å². The van der Waals surface area contributed by atoms with Crippen LogP contribution in [0.25, 0.3) is 0 Å². The maximum absolute atomic E-state index is 12.9. The van der Waals surface area contributed by atoms with Gasteiger partial charge in [0.05, 0.1) is 24.0 Å². The van der Waals surface area contributed by atoms with Gasteiger partial charge in [0.15, 0.2) is 0 Å². The molecule has 0 unspecified atom stereocenters. The molecule has 7 nitrogen and oxygen atoms in total. The van der Waals surface area contributed by atoms with Crippen molar-refractivity contribution in [1.82, 2.24) is 25.0 Å². The van der Waals surface area contributed by atoms with Crippen LogP contribution in [0.3, 0.4) is 0 Å². The average Bonchev–Trinajstić information content (AvgIpc) is 3.29. The van der Waals surface area contributed by atoms with Gasteiger partial charge < -0.3 is 10.2 Å². The van der Waals surface area contributed by atoms with Crippen LogP contribution >= 0.6 is 0 Å². The number of carbonyl (C=O) groups is 2. The van der Waals surface area contributed by atoms with Gasteiger partial charge in [0.25, 0.3) is 5.91 Å². The van der Waals surface area contributed by atoms with Gasteiger partial charge in [0.1, 0.15) is 5.69 Å². The highest BCUT2D eigenvalue weighted by molar-refractivity contribution is 5.92. The van der Waals surface area contributed by atoms with Gasteiger partial charge in [-0.05, 0) is 37.5 Å². The predicted molar refractivity (Wildman–Crippen MR) is 97.3 cm³/mol. The molecule has 3 rings (SSSR count). The van der Waals surface area contributed by atoms with E-state index in [2.05, 4.69) is 22.3 Å². The Morgan fingerprint density at radius 2 is 2.15 bits per heavy atom. The molecule has 0 bridgehead atoms. The second-order valence-corrected chi connectivity index (χ2v) is 6.58. The monoisotopic (exact) mass is 355 g/mol. The Balaban J connectivity index is 1.76. The van der Waals surface area contributed by atoms with E-state index >= 15 is 0 Å². The van der Waals surface area contributed by atoms with Crippen molar-refractivity contribution in [3.05, 3.63) is 47.5 Å². The molecule has 1 aliphatic heterocycles. The van der Waals surface area contributed by atoms with Crippen LogP contribution in [0.4, 0.5) is 0 Å². The zero-order chi connectivity index (χ0) is 18.5. The zero-order valence-electron chi connectivity index (χ0n) is 15.3. The van der Waals surface area contributed by atoms with Crippen molar-refractivity contribution < 1.29 is 9.59 Å². The highest BCUT2D eigenvalue weighted by Crippen LogP contribution is 2.32. The molecule has 3 heterocycles. The number of aryl methyl sites for hydroxylation is 1. The van der Waals surface area contributed by atoms with E-state index in [0.717, 1.165) is 37.2 Å². The van der Waals surface area contributed by atoms with Crippen LogP contribution in [-0.2, 0) is 17.9 Å². The lowest BCUT2D eigenvalue weighted by Crippen LogP contribution is -2.31. The van der Waals surface area contributed by atoms with E-state index in [0.29, 0.717) is 18.8 Å². The molecule has 1 saturated heterocycles. The number of aromatic nitrogens is 3. The summed E-state index contributed by atoms with van der Waals surface area (Å²) in [7, 11) is 0. The number of hydrogen-bond donors (Lipinski definition) is 1. The molecule has 138 valence electrons. The lowest BCUT2D eigenvalue weighted by molar-refractivity contribution is -0.119. The van der Waals surface area contributed by atoms with Gasteiger partial charge >= 0.3 is 0 Å². The lowest BCUT2D eigenvalue weighted by atomic mass is 10.1. The summed E-state index contributed by atoms with van der Waals surface area (Å²) in [5, 5.41) is 7.16. The third-order valence-corrected chi connectivity index (χ3v) is 4.51. The Kier molecular flexibility index (Phi) is 5.65. The van der Waals surface area contributed by atoms with E-state index in [1.54, 1.807) is 6.07 Å². The maximum Gasteiger partial charge on any atom is 0.274 e. The van der Waals surface area contributed by atoms with E-state index in [4.69, 9.17) is 0 Å². The molecule has 1 atom stereocenters. The smallest absolute Gasteiger partial charge is 0.274 e. The Labute approximate surface area is 153 Å². The fourth-order valence-electron chi connectivity index (χ4n) is 3.29. The van der Waals surface area contributed by atoms with Gasteiger partial charge in [-0.15, -0.1) is 0 Å². The SMILES string of the molecule is CCCn1ccc(C(=O)N2CCC[C@@H]2c2cccc(CNC(C)=O)n2)n1. The first kappa shape index (κ1) is 18.1. The van der Waals surface area contributed by atoms with E-state index in [9.17, 15) is 9.59 Å². The van der Waals surface area contributed by atoms with Crippen LogP contribution in [-0.4, -0.2) is 38.0 Å². The fourth-order valence-corrected chi connectivity index (χ4v) is 3.29. The molecule has 2 aromatic rings. The third kappa shape index (κ3) is 4.09. The second kappa shape index (κ2) is 8.12. The Bertz CT molecular complexity index is 786. The standard InChI is InChI=1S/C19H25N5O2/c1-3-10-23-12-9-17(22-23)19(26)24-11-5-8-18(24)16-7-4-6-15(21-16)13-20-14(2)25/h4,6-7,9,12,18H,3,5,8,10-11,13H2,1-2H3,(H,20,25)/t18-/m1/s1. The maximum atomic E-state index is 12.9. The number of nitrogens with zero attached hydrogens (tertiary/aromatic N) is 4. The summed E-state index contributed by atoms with van der Waals surface area (Å²) in [5.41, 5.74) is 2.15. The lowest BCUT2D eigenvalue weighted by Gasteiger charge is -2.24. The number of carbonyl (C=O) groups excluding carboxylic acids is 2. The van der Waals surface area contributed by atoms with Crippen molar-refractivity contribution in [3.8, 4) is 0 Å². The summed E-state index contributed by atoms with van der Waals surface area (Å²) in [4.78, 5) is 30.5. The first-order chi connectivity index (χ1) is 12.6. The number of rotatable bonds is 6. The van der Waals surface area contributed by atoms with Gasteiger partial charge in [0, 0.05) is 26.2 Å². The van der Waals surface area contributed by atoms with Crippen LogP contribution in [0, 0.1) is 0 Å². The number of likely N-dealkylation sites (tertiary alicyclic amines) is 1. The minimum absolute atomic E-state index is 0.0450. The highest BCUT2D eigenvalue weighted by Gasteiger charge is 2.32. The normalized spacial score (nSPS) is 16.7. The molecule has 2 aromatic heterocycles. The van der Waals surface area contributed by atoms with Crippen LogP contribution in [0.2, 0.25) is 0 Å². The van der Waals surface area contributed by atoms with Gasteiger partial charge in [-0.2, -0.15) is 5.10 Å². The predicted octanol–water partition coefficient (Wildman–Crippen LogP) is 2.30. The van der Waals surface area contributed by atoms with Crippen LogP contribution in [0.15, 0.2) is 30.5 Å². The van der Waals surface area contributed by atoms with E-state index in [1.807, 2.05) is 34.0 Å². The summed E-state index contributed by atoms with van der Waals surface area (Å²) >= 11 is 0. The number of hydrogen-bond acceptors (Lipinski definition) is 4. The summed E-state index contributed by atoms with van der Waals surface area (Å²) < 4.78 is 1.81. The Hall–Kier alpha value is -2.70. The van der Waals surface area contributed by atoms with Crippen molar-refractivity contribution >= 4 is 11.8 Å². The van der Waals surface area contributed by atoms with Crippen molar-refractivity contribution in [2.24, 2.45) is 0 Å². The number of pyridine rings is 1. The first-order valence-electron chi connectivity index (χ1n) is 9.13. The molecule has 26 heavy (non-hydrogen) atoms. The van der Waals surface area contributed by atoms with E-state index in [1.165, 1.54) is 6.92 Å². The van der Waals surface area contributed by atoms with Crippen LogP contribution in [0.1, 0.15) is 61.0 Å². The van der Waals surface area contributed by atoms with Crippen molar-refractivity contribution in [3.63, 3.8) is 0 Å². The van der Waals surface area contributed by atoms with Gasteiger partial charge in [-0.25, -0.2) is 0 Å². The molecular formula is C19H25N5O2. The number of nitrogens with one attached hydrogen (secondary N) is 1. The van der Waals surface area contributed by atoms with Crippen molar-refractivity contribution in [1.29, 1.82) is 0 Å². The summed E-state index contributed by atoms with van der Waals surface area (Å²) in [6.45, 7) is 5.48.